The number of piperidine rings is 1. The van der Waals surface area contributed by atoms with E-state index in [0.717, 1.165) is 47.7 Å². The van der Waals surface area contributed by atoms with Crippen molar-refractivity contribution in [1.29, 1.82) is 0 Å². The highest BCUT2D eigenvalue weighted by atomic mass is 32.1. The van der Waals surface area contributed by atoms with Gasteiger partial charge in [-0.05, 0) is 32.8 Å². The highest BCUT2D eigenvalue weighted by Gasteiger charge is 2.27. The van der Waals surface area contributed by atoms with Crippen LogP contribution in [0.15, 0.2) is 33.7 Å². The molecule has 26 heavy (non-hydrogen) atoms. The normalized spacial score (nSPS) is 17.5. The summed E-state index contributed by atoms with van der Waals surface area (Å²) < 4.78 is 5.25. The van der Waals surface area contributed by atoms with Crippen molar-refractivity contribution in [2.75, 3.05) is 13.1 Å². The molecule has 1 unspecified atom stereocenters. The van der Waals surface area contributed by atoms with Crippen molar-refractivity contribution < 1.29 is 9.32 Å². The van der Waals surface area contributed by atoms with E-state index < -0.39 is 0 Å². The van der Waals surface area contributed by atoms with Gasteiger partial charge in [-0.25, -0.2) is 4.98 Å². The van der Waals surface area contributed by atoms with Gasteiger partial charge in [-0.15, -0.1) is 11.3 Å². The first-order valence-corrected chi connectivity index (χ1v) is 9.64. The summed E-state index contributed by atoms with van der Waals surface area (Å²) in [6.07, 6.45) is 3.90. The monoisotopic (exact) mass is 368 g/mol. The standard InChI is InChI=1S/C19H20N4O2S/c1-12-18(13(2)25-22-12)14-5-6-16(20-8-14)15-4-3-7-23(9-15)19(24)17-10-26-11-21-17/h5-6,8,10-11,15H,3-4,7,9H2,1-2H3. The van der Waals surface area contributed by atoms with Crippen LogP contribution in [0.5, 0.6) is 0 Å². The van der Waals surface area contributed by atoms with Crippen molar-refractivity contribution in [3.05, 3.63) is 52.1 Å². The number of pyridine rings is 1. The van der Waals surface area contributed by atoms with E-state index >= 15 is 0 Å². The van der Waals surface area contributed by atoms with E-state index in [1.54, 1.807) is 5.51 Å². The maximum absolute atomic E-state index is 12.6. The van der Waals surface area contributed by atoms with Crippen LogP contribution in [0.25, 0.3) is 11.1 Å². The van der Waals surface area contributed by atoms with Gasteiger partial charge in [0.15, 0.2) is 0 Å². The van der Waals surface area contributed by atoms with E-state index in [-0.39, 0.29) is 11.8 Å². The summed E-state index contributed by atoms with van der Waals surface area (Å²) in [7, 11) is 0. The molecule has 0 aromatic carbocycles. The van der Waals surface area contributed by atoms with Crippen LogP contribution in [0.1, 0.15) is 46.4 Å². The van der Waals surface area contributed by atoms with Gasteiger partial charge in [-0.2, -0.15) is 0 Å². The van der Waals surface area contributed by atoms with Crippen molar-refractivity contribution in [3.8, 4) is 11.1 Å². The molecule has 3 aromatic rings. The molecule has 3 aromatic heterocycles. The van der Waals surface area contributed by atoms with Gasteiger partial charge in [-0.1, -0.05) is 11.2 Å². The Hall–Kier alpha value is -2.54. The molecule has 0 radical (unpaired) electrons. The number of nitrogens with zero attached hydrogens (tertiary/aromatic N) is 4. The third-order valence-electron chi connectivity index (χ3n) is 4.89. The summed E-state index contributed by atoms with van der Waals surface area (Å²) >= 11 is 1.45. The van der Waals surface area contributed by atoms with Gasteiger partial charge in [-0.3, -0.25) is 9.78 Å². The minimum absolute atomic E-state index is 0.0169. The lowest BCUT2D eigenvalue weighted by molar-refractivity contribution is 0.0700. The number of aryl methyl sites for hydroxylation is 2. The van der Waals surface area contributed by atoms with E-state index in [2.05, 4.69) is 27.3 Å². The largest absolute Gasteiger partial charge is 0.361 e. The van der Waals surface area contributed by atoms with Crippen LogP contribution >= 0.6 is 11.3 Å². The summed E-state index contributed by atoms with van der Waals surface area (Å²) in [5.41, 5.74) is 6.15. The second-order valence-corrected chi connectivity index (χ2v) is 7.35. The molecule has 0 N–H and O–H groups in total. The van der Waals surface area contributed by atoms with Crippen LogP contribution in [0, 0.1) is 13.8 Å². The zero-order valence-electron chi connectivity index (χ0n) is 14.8. The van der Waals surface area contributed by atoms with Gasteiger partial charge in [0.2, 0.25) is 0 Å². The lowest BCUT2D eigenvalue weighted by Crippen LogP contribution is -2.39. The van der Waals surface area contributed by atoms with Gasteiger partial charge < -0.3 is 9.42 Å². The molecular weight excluding hydrogens is 348 g/mol. The van der Waals surface area contributed by atoms with Gasteiger partial charge in [0, 0.05) is 47.4 Å². The average Bonchev–Trinajstić information content (AvgIpc) is 3.32. The van der Waals surface area contributed by atoms with Crippen molar-refractivity contribution in [2.45, 2.75) is 32.6 Å². The zero-order chi connectivity index (χ0) is 18.1. The number of hydrogen-bond acceptors (Lipinski definition) is 6. The van der Waals surface area contributed by atoms with Crippen molar-refractivity contribution in [2.24, 2.45) is 0 Å². The second-order valence-electron chi connectivity index (χ2n) is 6.63. The van der Waals surface area contributed by atoms with E-state index in [1.165, 1.54) is 11.3 Å². The molecule has 0 aliphatic carbocycles. The lowest BCUT2D eigenvalue weighted by Gasteiger charge is -2.32. The molecule has 1 saturated heterocycles. The fraction of sp³-hybridized carbons (Fsp3) is 0.368. The van der Waals surface area contributed by atoms with Crippen LogP contribution in [-0.2, 0) is 0 Å². The molecule has 4 heterocycles. The molecule has 1 aliphatic heterocycles. The Kier molecular flexibility index (Phi) is 4.55. The Labute approximate surface area is 155 Å². The quantitative estimate of drug-likeness (QED) is 0.702. The Morgan fingerprint density at radius 1 is 1.31 bits per heavy atom. The van der Waals surface area contributed by atoms with Crippen LogP contribution in [-0.4, -0.2) is 39.0 Å². The molecule has 0 saturated carbocycles. The van der Waals surface area contributed by atoms with Crippen LogP contribution < -0.4 is 0 Å². The zero-order valence-corrected chi connectivity index (χ0v) is 15.6. The van der Waals surface area contributed by atoms with Gasteiger partial charge in [0.05, 0.1) is 11.2 Å². The SMILES string of the molecule is Cc1noc(C)c1-c1ccc(C2CCCN(C(=O)c3cscn3)C2)nc1. The molecule has 6 nitrogen and oxygen atoms in total. The highest BCUT2D eigenvalue weighted by Crippen LogP contribution is 2.30. The highest BCUT2D eigenvalue weighted by molar-refractivity contribution is 7.07. The van der Waals surface area contributed by atoms with Gasteiger partial charge in [0.1, 0.15) is 11.5 Å². The molecule has 1 aliphatic rings. The van der Waals surface area contributed by atoms with E-state index in [9.17, 15) is 4.79 Å². The summed E-state index contributed by atoms with van der Waals surface area (Å²) in [5, 5.41) is 5.81. The Balaban J connectivity index is 1.51. The fourth-order valence-corrected chi connectivity index (χ4v) is 4.10. The number of amides is 1. The average molecular weight is 368 g/mol. The molecule has 1 atom stereocenters. The molecule has 4 rings (SSSR count). The number of carbonyl (C=O) groups is 1. The molecule has 1 amide bonds. The number of hydrogen-bond donors (Lipinski definition) is 0. The second kappa shape index (κ2) is 6.99. The first-order valence-electron chi connectivity index (χ1n) is 8.70. The molecule has 0 bridgehead atoms. The number of aromatic nitrogens is 3. The van der Waals surface area contributed by atoms with Crippen LogP contribution in [0.2, 0.25) is 0 Å². The number of likely N-dealkylation sites (tertiary alicyclic amines) is 1. The topological polar surface area (TPSA) is 72.1 Å². The fourth-order valence-electron chi connectivity index (χ4n) is 3.57. The summed E-state index contributed by atoms with van der Waals surface area (Å²) in [6, 6.07) is 4.12. The number of rotatable bonds is 3. The van der Waals surface area contributed by atoms with E-state index in [4.69, 9.17) is 4.52 Å². The third-order valence-corrected chi connectivity index (χ3v) is 5.47. The minimum Gasteiger partial charge on any atom is -0.361 e. The van der Waals surface area contributed by atoms with Crippen molar-refractivity contribution in [3.63, 3.8) is 0 Å². The third kappa shape index (κ3) is 3.14. The Morgan fingerprint density at radius 3 is 2.85 bits per heavy atom. The van der Waals surface area contributed by atoms with Crippen LogP contribution in [0.4, 0.5) is 0 Å². The number of carbonyl (C=O) groups excluding carboxylic acids is 1. The summed E-state index contributed by atoms with van der Waals surface area (Å²) in [6.45, 7) is 5.31. The Morgan fingerprint density at radius 2 is 2.19 bits per heavy atom. The van der Waals surface area contributed by atoms with E-state index in [1.807, 2.05) is 30.3 Å². The van der Waals surface area contributed by atoms with Gasteiger partial charge in [0.25, 0.3) is 5.91 Å². The molecular formula is C19H20N4O2S. The molecule has 1 fully saturated rings. The first-order chi connectivity index (χ1) is 12.6. The Bertz CT molecular complexity index is 883. The smallest absolute Gasteiger partial charge is 0.273 e. The van der Waals surface area contributed by atoms with Crippen LogP contribution in [0.3, 0.4) is 0 Å². The molecule has 134 valence electrons. The molecule has 7 heteroatoms. The summed E-state index contributed by atoms with van der Waals surface area (Å²) in [5.74, 6) is 1.07. The summed E-state index contributed by atoms with van der Waals surface area (Å²) in [4.78, 5) is 23.3. The number of thiazole rings is 1. The maximum atomic E-state index is 12.6. The predicted molar refractivity (Wildman–Crippen MR) is 99.2 cm³/mol. The van der Waals surface area contributed by atoms with E-state index in [0.29, 0.717) is 12.2 Å². The van der Waals surface area contributed by atoms with Crippen molar-refractivity contribution >= 4 is 17.2 Å². The first kappa shape index (κ1) is 16.9. The minimum atomic E-state index is 0.0169. The lowest BCUT2D eigenvalue weighted by atomic mass is 9.93. The van der Waals surface area contributed by atoms with Gasteiger partial charge >= 0.3 is 0 Å². The predicted octanol–water partition coefficient (Wildman–Crippen LogP) is 3.83. The maximum Gasteiger partial charge on any atom is 0.273 e. The molecule has 0 spiro atoms. The van der Waals surface area contributed by atoms with Crippen molar-refractivity contribution in [1.82, 2.24) is 20.0 Å².